The van der Waals surface area contributed by atoms with Crippen LogP contribution in [-0.4, -0.2) is 0 Å². The molecule has 0 amide bonds. The SMILES string of the molecule is [2H]c1c([2H])c([2H])c(-c2c([2H])c([2H])c([2H])c(-c3c4ccccc4c(-c4cc5c(cc4-c4ccccc4)oc4ccccc45)c4ccccc34)c2[2H])c([2H])c1[2H]. The standard InChI is InChI=1S/C44H28O/c1-3-14-29(15-4-1)31-18-13-19-32(26-31)43-34-21-7-9-23-36(34)44(37-24-10-8-22-35(37)43)40-27-39-33-20-11-12-25-41(33)45-42(39)28-38(40)30-16-5-2-6-17-30/h1-28H/i1D,3D,4D,13D,14D,15D,18D,19D,26D. The van der Waals surface area contributed by atoms with E-state index in [0.717, 1.165) is 55.0 Å². The molecule has 0 saturated carbocycles. The van der Waals surface area contributed by atoms with Gasteiger partial charge >= 0.3 is 0 Å². The molecule has 8 aromatic carbocycles. The van der Waals surface area contributed by atoms with Gasteiger partial charge in [-0.3, -0.25) is 0 Å². The van der Waals surface area contributed by atoms with Gasteiger partial charge in [0.25, 0.3) is 0 Å². The van der Waals surface area contributed by atoms with Crippen molar-refractivity contribution in [1.82, 2.24) is 0 Å². The van der Waals surface area contributed by atoms with Crippen molar-refractivity contribution >= 4 is 43.5 Å². The van der Waals surface area contributed by atoms with E-state index >= 15 is 0 Å². The number of fused-ring (bicyclic) bond motifs is 5. The molecule has 9 rings (SSSR count). The summed E-state index contributed by atoms with van der Waals surface area (Å²) in [6.45, 7) is 0. The average Bonchev–Trinajstić information content (AvgIpc) is 3.57. The van der Waals surface area contributed by atoms with Gasteiger partial charge in [-0.25, -0.2) is 0 Å². The first-order chi connectivity index (χ1) is 26.1. The van der Waals surface area contributed by atoms with Crippen LogP contribution in [-0.2, 0) is 0 Å². The first kappa shape index (κ1) is 18.0. The van der Waals surface area contributed by atoms with Crippen molar-refractivity contribution in [3.63, 3.8) is 0 Å². The second-order valence-electron chi connectivity index (χ2n) is 10.9. The van der Waals surface area contributed by atoms with E-state index in [1.54, 1.807) is 0 Å². The zero-order valence-electron chi connectivity index (χ0n) is 32.9. The Balaban J connectivity index is 1.44. The summed E-state index contributed by atoms with van der Waals surface area (Å²) in [6.07, 6.45) is 0. The Morgan fingerprint density at radius 3 is 1.67 bits per heavy atom. The average molecular weight is 582 g/mol. The summed E-state index contributed by atoms with van der Waals surface area (Å²) in [4.78, 5) is 0. The molecule has 0 radical (unpaired) electrons. The molecular weight excluding hydrogens is 544 g/mol. The summed E-state index contributed by atoms with van der Waals surface area (Å²) in [6, 6.07) is 32.9. The lowest BCUT2D eigenvalue weighted by Crippen LogP contribution is -1.93. The maximum absolute atomic E-state index is 9.58. The van der Waals surface area contributed by atoms with Crippen LogP contribution < -0.4 is 0 Å². The van der Waals surface area contributed by atoms with E-state index in [4.69, 9.17) is 14.0 Å². The van der Waals surface area contributed by atoms with Crippen molar-refractivity contribution in [3.8, 4) is 44.5 Å². The van der Waals surface area contributed by atoms with Crippen molar-refractivity contribution in [1.29, 1.82) is 0 Å². The van der Waals surface area contributed by atoms with Gasteiger partial charge in [-0.05, 0) is 90.3 Å². The third-order valence-corrected chi connectivity index (χ3v) is 8.43. The molecule has 0 atom stereocenters. The summed E-state index contributed by atoms with van der Waals surface area (Å²) in [5, 5.41) is 4.95. The molecule has 0 N–H and O–H groups in total. The van der Waals surface area contributed by atoms with Crippen LogP contribution in [0.25, 0.3) is 88.0 Å². The number of benzene rings is 8. The van der Waals surface area contributed by atoms with E-state index in [-0.39, 0.29) is 28.8 Å². The fourth-order valence-corrected chi connectivity index (χ4v) is 6.49. The lowest BCUT2D eigenvalue weighted by atomic mass is 9.83. The highest BCUT2D eigenvalue weighted by molar-refractivity contribution is 6.23. The Bertz CT molecular complexity index is 2960. The monoisotopic (exact) mass is 581 g/mol. The van der Waals surface area contributed by atoms with E-state index in [1.807, 2.05) is 91.0 Å². The number of rotatable bonds is 4. The van der Waals surface area contributed by atoms with Crippen LogP contribution >= 0.6 is 0 Å². The maximum Gasteiger partial charge on any atom is 0.136 e. The number of hydrogen-bond donors (Lipinski definition) is 0. The second kappa shape index (κ2) is 10.4. The topological polar surface area (TPSA) is 13.1 Å². The van der Waals surface area contributed by atoms with Crippen molar-refractivity contribution in [2.24, 2.45) is 0 Å². The molecule has 0 saturated heterocycles. The van der Waals surface area contributed by atoms with Crippen LogP contribution in [0.3, 0.4) is 0 Å². The number of para-hydroxylation sites is 1. The maximum atomic E-state index is 9.58. The van der Waals surface area contributed by atoms with Crippen LogP contribution in [0.1, 0.15) is 12.3 Å². The van der Waals surface area contributed by atoms with Crippen LogP contribution in [0.4, 0.5) is 0 Å². The number of furan rings is 1. The van der Waals surface area contributed by atoms with Gasteiger partial charge in [-0.2, -0.15) is 0 Å². The van der Waals surface area contributed by atoms with Gasteiger partial charge < -0.3 is 4.42 Å². The van der Waals surface area contributed by atoms with E-state index in [1.165, 1.54) is 0 Å². The van der Waals surface area contributed by atoms with E-state index < -0.39 is 42.3 Å². The van der Waals surface area contributed by atoms with Crippen molar-refractivity contribution in [3.05, 3.63) is 170 Å². The molecule has 1 aromatic heterocycles. The van der Waals surface area contributed by atoms with E-state index in [2.05, 4.69) is 24.3 Å². The molecule has 210 valence electrons. The molecule has 0 fully saturated rings. The van der Waals surface area contributed by atoms with Crippen molar-refractivity contribution < 1.29 is 16.8 Å². The molecule has 0 aliphatic rings. The molecule has 1 nitrogen and oxygen atoms in total. The van der Waals surface area contributed by atoms with Crippen LogP contribution in [0.5, 0.6) is 0 Å². The lowest BCUT2D eigenvalue weighted by Gasteiger charge is -2.20. The van der Waals surface area contributed by atoms with E-state index in [9.17, 15) is 2.74 Å². The molecule has 0 aliphatic carbocycles. The molecule has 0 spiro atoms. The molecule has 9 aromatic rings. The van der Waals surface area contributed by atoms with Gasteiger partial charge in [0.1, 0.15) is 11.2 Å². The normalized spacial score (nSPS) is 14.4. The summed E-state index contributed by atoms with van der Waals surface area (Å²) in [7, 11) is 0. The zero-order chi connectivity index (χ0) is 37.6. The Hall–Kier alpha value is -5.92. The first-order valence-electron chi connectivity index (χ1n) is 19.2. The fourth-order valence-electron chi connectivity index (χ4n) is 6.49. The minimum atomic E-state index is -0.607. The molecule has 1 heteroatoms. The van der Waals surface area contributed by atoms with Gasteiger partial charge in [0, 0.05) is 10.8 Å². The quantitative estimate of drug-likeness (QED) is 0.188. The third-order valence-electron chi connectivity index (χ3n) is 8.43. The Morgan fingerprint density at radius 1 is 0.378 bits per heavy atom. The first-order valence-corrected chi connectivity index (χ1v) is 14.7. The predicted octanol–water partition coefficient (Wildman–Crippen LogP) is 12.6. The molecule has 45 heavy (non-hydrogen) atoms. The van der Waals surface area contributed by atoms with Crippen molar-refractivity contribution in [2.45, 2.75) is 0 Å². The molecular formula is C44H28O. The van der Waals surface area contributed by atoms with Crippen LogP contribution in [0.15, 0.2) is 174 Å². The Morgan fingerprint density at radius 2 is 0.956 bits per heavy atom. The Labute approximate surface area is 274 Å². The third kappa shape index (κ3) is 4.17. The summed E-state index contributed by atoms with van der Waals surface area (Å²) in [5.41, 5.74) is 5.22. The highest BCUT2D eigenvalue weighted by Crippen LogP contribution is 2.48. The summed E-state index contributed by atoms with van der Waals surface area (Å²) in [5.74, 6) is 0. The van der Waals surface area contributed by atoms with Gasteiger partial charge in [0.2, 0.25) is 0 Å². The van der Waals surface area contributed by atoms with Crippen LogP contribution in [0, 0.1) is 0 Å². The van der Waals surface area contributed by atoms with Gasteiger partial charge in [-0.1, -0.05) is 145 Å². The highest BCUT2D eigenvalue weighted by atomic mass is 16.3. The molecule has 1 heterocycles. The minimum Gasteiger partial charge on any atom is -0.456 e. The van der Waals surface area contributed by atoms with Crippen molar-refractivity contribution in [2.75, 3.05) is 0 Å². The Kier molecular flexibility index (Phi) is 4.15. The fraction of sp³-hybridized carbons (Fsp3) is 0. The zero-order valence-corrected chi connectivity index (χ0v) is 23.9. The lowest BCUT2D eigenvalue weighted by molar-refractivity contribution is 0.669. The largest absolute Gasteiger partial charge is 0.456 e. The smallest absolute Gasteiger partial charge is 0.136 e. The molecule has 0 bridgehead atoms. The van der Waals surface area contributed by atoms with Crippen LogP contribution in [0.2, 0.25) is 0 Å². The van der Waals surface area contributed by atoms with E-state index in [0.29, 0.717) is 16.3 Å². The molecule has 0 unspecified atom stereocenters. The number of hydrogen-bond acceptors (Lipinski definition) is 1. The second-order valence-corrected chi connectivity index (χ2v) is 10.9. The van der Waals surface area contributed by atoms with Gasteiger partial charge in [0.15, 0.2) is 0 Å². The molecule has 0 aliphatic heterocycles. The van der Waals surface area contributed by atoms with Gasteiger partial charge in [0.05, 0.1) is 12.3 Å². The van der Waals surface area contributed by atoms with Gasteiger partial charge in [-0.15, -0.1) is 0 Å². The minimum absolute atomic E-state index is 0.0383. The highest BCUT2D eigenvalue weighted by Gasteiger charge is 2.21. The summed E-state index contributed by atoms with van der Waals surface area (Å²) >= 11 is 0. The predicted molar refractivity (Wildman–Crippen MR) is 190 cm³/mol. The summed E-state index contributed by atoms with van der Waals surface area (Å²) < 4.78 is 85.1.